The standard InChI is InChI=1S/C18H17N3S/c1-2-3-14-22-18-20-19-17(15-10-6-4-7-11-15)21(18)16-12-8-5-9-13-16/h2-13H,14H2,1H3/b3-2+. The SMILES string of the molecule is C/C=C/CSc1nnc(-c2ccccc2)n1-c1ccccc1. The molecule has 3 nitrogen and oxygen atoms in total. The van der Waals surface area contributed by atoms with Crippen molar-refractivity contribution in [2.75, 3.05) is 5.75 Å². The molecule has 0 radical (unpaired) electrons. The van der Waals surface area contributed by atoms with Crippen LogP contribution in [0.2, 0.25) is 0 Å². The summed E-state index contributed by atoms with van der Waals surface area (Å²) in [4.78, 5) is 0. The van der Waals surface area contributed by atoms with E-state index in [1.54, 1.807) is 11.8 Å². The second-order valence-electron chi connectivity index (χ2n) is 4.72. The highest BCUT2D eigenvalue weighted by Crippen LogP contribution is 2.27. The Morgan fingerprint density at radius 1 is 0.955 bits per heavy atom. The molecular weight excluding hydrogens is 290 g/mol. The Balaban J connectivity index is 2.07. The van der Waals surface area contributed by atoms with Crippen molar-refractivity contribution in [3.63, 3.8) is 0 Å². The lowest BCUT2D eigenvalue weighted by Crippen LogP contribution is -1.99. The van der Waals surface area contributed by atoms with Gasteiger partial charge in [-0.25, -0.2) is 0 Å². The van der Waals surface area contributed by atoms with Gasteiger partial charge >= 0.3 is 0 Å². The Morgan fingerprint density at radius 2 is 1.64 bits per heavy atom. The number of para-hydroxylation sites is 1. The van der Waals surface area contributed by atoms with Gasteiger partial charge in [0, 0.05) is 17.0 Å². The molecule has 0 saturated carbocycles. The van der Waals surface area contributed by atoms with Crippen molar-refractivity contribution in [2.45, 2.75) is 12.1 Å². The molecule has 0 aliphatic heterocycles. The topological polar surface area (TPSA) is 30.7 Å². The van der Waals surface area contributed by atoms with E-state index < -0.39 is 0 Å². The Bertz CT molecular complexity index is 749. The van der Waals surface area contributed by atoms with Crippen molar-refractivity contribution < 1.29 is 0 Å². The van der Waals surface area contributed by atoms with Crippen LogP contribution in [0.3, 0.4) is 0 Å². The molecule has 0 aliphatic carbocycles. The maximum absolute atomic E-state index is 4.41. The van der Waals surface area contributed by atoms with E-state index in [1.165, 1.54) is 0 Å². The Labute approximate surface area is 134 Å². The fourth-order valence-corrected chi connectivity index (χ4v) is 3.02. The van der Waals surface area contributed by atoms with E-state index in [0.29, 0.717) is 0 Å². The van der Waals surface area contributed by atoms with Crippen molar-refractivity contribution in [2.24, 2.45) is 0 Å². The fourth-order valence-electron chi connectivity index (χ4n) is 2.17. The molecule has 4 heteroatoms. The van der Waals surface area contributed by atoms with Crippen LogP contribution in [0.15, 0.2) is 78.0 Å². The predicted octanol–water partition coefficient (Wildman–Crippen LogP) is 4.60. The van der Waals surface area contributed by atoms with E-state index in [9.17, 15) is 0 Å². The highest BCUT2D eigenvalue weighted by atomic mass is 32.2. The summed E-state index contributed by atoms with van der Waals surface area (Å²) < 4.78 is 2.11. The van der Waals surface area contributed by atoms with Crippen molar-refractivity contribution in [1.82, 2.24) is 14.8 Å². The van der Waals surface area contributed by atoms with Gasteiger partial charge < -0.3 is 0 Å². The zero-order chi connectivity index (χ0) is 15.2. The number of aromatic nitrogens is 3. The first-order valence-corrected chi connectivity index (χ1v) is 8.19. The van der Waals surface area contributed by atoms with Crippen LogP contribution in [0.5, 0.6) is 0 Å². The average Bonchev–Trinajstić information content (AvgIpc) is 3.01. The number of hydrogen-bond donors (Lipinski definition) is 0. The van der Waals surface area contributed by atoms with Gasteiger partial charge in [-0.2, -0.15) is 0 Å². The van der Waals surface area contributed by atoms with Gasteiger partial charge in [0.2, 0.25) is 0 Å². The maximum atomic E-state index is 4.41. The molecule has 0 fully saturated rings. The van der Waals surface area contributed by atoms with Gasteiger partial charge in [0.15, 0.2) is 11.0 Å². The summed E-state index contributed by atoms with van der Waals surface area (Å²) in [6.07, 6.45) is 4.17. The lowest BCUT2D eigenvalue weighted by atomic mass is 10.2. The van der Waals surface area contributed by atoms with Gasteiger partial charge in [0.1, 0.15) is 0 Å². The summed E-state index contributed by atoms with van der Waals surface area (Å²) in [6, 6.07) is 20.4. The molecule has 22 heavy (non-hydrogen) atoms. The molecule has 3 aromatic rings. The zero-order valence-electron chi connectivity index (χ0n) is 12.4. The summed E-state index contributed by atoms with van der Waals surface area (Å²) in [7, 11) is 0. The molecule has 110 valence electrons. The molecule has 2 aromatic carbocycles. The molecule has 0 N–H and O–H groups in total. The van der Waals surface area contributed by atoms with Crippen molar-refractivity contribution >= 4 is 11.8 Å². The Hall–Kier alpha value is -2.33. The van der Waals surface area contributed by atoms with E-state index in [2.05, 4.69) is 45.1 Å². The van der Waals surface area contributed by atoms with Crippen LogP contribution in [0.1, 0.15) is 6.92 Å². The Kier molecular flexibility index (Phi) is 4.71. The van der Waals surface area contributed by atoms with E-state index in [-0.39, 0.29) is 0 Å². The quantitative estimate of drug-likeness (QED) is 0.510. The lowest BCUT2D eigenvalue weighted by molar-refractivity contribution is 0.888. The molecule has 0 unspecified atom stereocenters. The first kappa shape index (κ1) is 14.6. The second kappa shape index (κ2) is 7.09. The van der Waals surface area contributed by atoms with Gasteiger partial charge in [-0.1, -0.05) is 72.4 Å². The van der Waals surface area contributed by atoms with Crippen LogP contribution < -0.4 is 0 Å². The molecule has 0 aliphatic rings. The van der Waals surface area contributed by atoms with Crippen LogP contribution in [0, 0.1) is 0 Å². The van der Waals surface area contributed by atoms with Gasteiger partial charge in [0.05, 0.1) is 0 Å². The van der Waals surface area contributed by atoms with Gasteiger partial charge in [-0.3, -0.25) is 4.57 Å². The third-order valence-electron chi connectivity index (χ3n) is 3.22. The molecule has 3 rings (SSSR count). The molecule has 1 heterocycles. The number of allylic oxidation sites excluding steroid dienone is 1. The molecule has 0 saturated heterocycles. The molecule has 1 aromatic heterocycles. The first-order valence-electron chi connectivity index (χ1n) is 7.20. The molecule has 0 amide bonds. The zero-order valence-corrected chi connectivity index (χ0v) is 13.2. The summed E-state index contributed by atoms with van der Waals surface area (Å²) in [5.74, 6) is 1.76. The lowest BCUT2D eigenvalue weighted by Gasteiger charge is -2.09. The monoisotopic (exact) mass is 307 g/mol. The van der Waals surface area contributed by atoms with Gasteiger partial charge in [0.25, 0.3) is 0 Å². The molecular formula is C18H17N3S. The summed E-state index contributed by atoms with van der Waals surface area (Å²) in [6.45, 7) is 2.03. The van der Waals surface area contributed by atoms with Crippen LogP contribution in [-0.2, 0) is 0 Å². The highest BCUT2D eigenvalue weighted by Gasteiger charge is 2.15. The second-order valence-corrected chi connectivity index (χ2v) is 5.71. The minimum atomic E-state index is 0.870. The number of hydrogen-bond acceptors (Lipinski definition) is 3. The van der Waals surface area contributed by atoms with Crippen LogP contribution in [0.25, 0.3) is 17.1 Å². The largest absolute Gasteiger partial charge is 0.270 e. The number of benzene rings is 2. The number of nitrogens with zero attached hydrogens (tertiary/aromatic N) is 3. The molecule has 0 bridgehead atoms. The average molecular weight is 307 g/mol. The number of thioether (sulfide) groups is 1. The van der Waals surface area contributed by atoms with E-state index in [4.69, 9.17) is 0 Å². The fraction of sp³-hybridized carbons (Fsp3) is 0.111. The molecule has 0 spiro atoms. The molecule has 0 atom stereocenters. The minimum absolute atomic E-state index is 0.870. The first-order chi connectivity index (χ1) is 10.9. The van der Waals surface area contributed by atoms with E-state index in [1.807, 2.05) is 49.4 Å². The van der Waals surface area contributed by atoms with Crippen molar-refractivity contribution in [3.05, 3.63) is 72.8 Å². The van der Waals surface area contributed by atoms with Crippen molar-refractivity contribution in [3.8, 4) is 17.1 Å². The summed E-state index contributed by atoms with van der Waals surface area (Å²) >= 11 is 1.68. The van der Waals surface area contributed by atoms with E-state index >= 15 is 0 Å². The maximum Gasteiger partial charge on any atom is 0.196 e. The van der Waals surface area contributed by atoms with Gasteiger partial charge in [-0.15, -0.1) is 10.2 Å². The van der Waals surface area contributed by atoms with E-state index in [0.717, 1.165) is 28.0 Å². The number of rotatable bonds is 5. The summed E-state index contributed by atoms with van der Waals surface area (Å²) in [5, 5.41) is 9.70. The normalized spacial score (nSPS) is 11.1. The van der Waals surface area contributed by atoms with Crippen molar-refractivity contribution in [1.29, 1.82) is 0 Å². The minimum Gasteiger partial charge on any atom is -0.270 e. The van der Waals surface area contributed by atoms with Crippen LogP contribution in [0.4, 0.5) is 0 Å². The van der Waals surface area contributed by atoms with Crippen LogP contribution in [-0.4, -0.2) is 20.5 Å². The van der Waals surface area contributed by atoms with Crippen LogP contribution >= 0.6 is 11.8 Å². The third-order valence-corrected chi connectivity index (χ3v) is 4.11. The summed E-state index contributed by atoms with van der Waals surface area (Å²) in [5.41, 5.74) is 2.14. The Morgan fingerprint density at radius 3 is 2.32 bits per heavy atom. The predicted molar refractivity (Wildman–Crippen MR) is 92.3 cm³/mol. The smallest absolute Gasteiger partial charge is 0.196 e. The third kappa shape index (κ3) is 3.12. The van der Waals surface area contributed by atoms with Gasteiger partial charge in [-0.05, 0) is 19.1 Å². The highest BCUT2D eigenvalue weighted by molar-refractivity contribution is 7.99.